The molecule has 110 valence electrons. The third kappa shape index (κ3) is 3.97. The molecule has 0 amide bonds. The zero-order chi connectivity index (χ0) is 15.2. The minimum absolute atomic E-state index is 0.0191. The van der Waals surface area contributed by atoms with Gasteiger partial charge in [0.05, 0.1) is 23.4 Å². The Morgan fingerprint density at radius 3 is 2.48 bits per heavy atom. The number of carboxylic acid groups (broad SMARTS) is 1. The van der Waals surface area contributed by atoms with E-state index in [4.69, 9.17) is 11.6 Å². The maximum atomic E-state index is 11.3. The van der Waals surface area contributed by atoms with Crippen LogP contribution in [0.1, 0.15) is 15.9 Å². The Hall–Kier alpha value is -2.04. The lowest BCUT2D eigenvalue weighted by atomic mass is 10.1. The Morgan fingerprint density at radius 2 is 1.86 bits per heavy atom. The van der Waals surface area contributed by atoms with Crippen LogP contribution in [0.2, 0.25) is 5.02 Å². The molecular weight excluding hydrogens is 290 g/mol. The Bertz CT molecular complexity index is 616. The van der Waals surface area contributed by atoms with Crippen molar-refractivity contribution >= 4 is 23.3 Å². The van der Waals surface area contributed by atoms with E-state index in [9.17, 15) is 15.0 Å². The van der Waals surface area contributed by atoms with Crippen molar-refractivity contribution in [3.05, 3.63) is 64.7 Å². The van der Waals surface area contributed by atoms with E-state index in [1.807, 2.05) is 30.3 Å². The highest BCUT2D eigenvalue weighted by atomic mass is 35.5. The molecule has 2 rings (SSSR count). The van der Waals surface area contributed by atoms with Gasteiger partial charge in [-0.15, -0.1) is 0 Å². The molecule has 0 saturated heterocycles. The molecule has 1 atom stereocenters. The normalized spacial score (nSPS) is 11.9. The Morgan fingerprint density at radius 1 is 1.14 bits per heavy atom. The van der Waals surface area contributed by atoms with Crippen LogP contribution in [0.15, 0.2) is 48.5 Å². The summed E-state index contributed by atoms with van der Waals surface area (Å²) in [5, 5.41) is 22.0. The topological polar surface area (TPSA) is 69.6 Å². The number of nitrogens with one attached hydrogen (secondary N) is 1. The lowest BCUT2D eigenvalue weighted by Gasteiger charge is -2.19. The first kappa shape index (κ1) is 15.4. The van der Waals surface area contributed by atoms with Crippen LogP contribution in [0.5, 0.6) is 0 Å². The van der Waals surface area contributed by atoms with Crippen molar-refractivity contribution in [1.29, 1.82) is 0 Å². The SMILES string of the molecule is O=C(O)c1c(Cl)cccc1NC(CO)Cc1ccccc1. The van der Waals surface area contributed by atoms with Crippen molar-refractivity contribution in [1.82, 2.24) is 0 Å². The number of carbonyl (C=O) groups is 1. The van der Waals surface area contributed by atoms with Gasteiger partial charge < -0.3 is 15.5 Å². The second-order valence-electron chi connectivity index (χ2n) is 4.68. The molecule has 3 N–H and O–H groups in total. The van der Waals surface area contributed by atoms with E-state index < -0.39 is 5.97 Å². The quantitative estimate of drug-likeness (QED) is 0.767. The minimum Gasteiger partial charge on any atom is -0.478 e. The summed E-state index contributed by atoms with van der Waals surface area (Å²) >= 11 is 5.93. The highest BCUT2D eigenvalue weighted by Crippen LogP contribution is 2.25. The molecule has 0 fully saturated rings. The maximum absolute atomic E-state index is 11.3. The monoisotopic (exact) mass is 305 g/mol. The van der Waals surface area contributed by atoms with Gasteiger partial charge >= 0.3 is 5.97 Å². The van der Waals surface area contributed by atoms with E-state index in [1.165, 1.54) is 6.07 Å². The summed E-state index contributed by atoms with van der Waals surface area (Å²) in [6.07, 6.45) is 0.586. The second kappa shape index (κ2) is 7.11. The van der Waals surface area contributed by atoms with Gasteiger partial charge in [-0.1, -0.05) is 48.0 Å². The smallest absolute Gasteiger partial charge is 0.339 e. The number of hydrogen-bond donors (Lipinski definition) is 3. The number of anilines is 1. The van der Waals surface area contributed by atoms with E-state index in [0.29, 0.717) is 12.1 Å². The van der Waals surface area contributed by atoms with E-state index in [1.54, 1.807) is 12.1 Å². The summed E-state index contributed by atoms with van der Waals surface area (Å²) in [7, 11) is 0. The summed E-state index contributed by atoms with van der Waals surface area (Å²) in [6, 6.07) is 14.2. The minimum atomic E-state index is -1.10. The molecule has 0 aliphatic carbocycles. The first-order chi connectivity index (χ1) is 10.1. The molecule has 0 radical (unpaired) electrons. The summed E-state index contributed by atoms with van der Waals surface area (Å²) in [6.45, 7) is -0.111. The number of halogens is 1. The van der Waals surface area contributed by atoms with Crippen molar-refractivity contribution < 1.29 is 15.0 Å². The zero-order valence-electron chi connectivity index (χ0n) is 11.3. The predicted molar refractivity (Wildman–Crippen MR) is 83.1 cm³/mol. The summed E-state index contributed by atoms with van der Waals surface area (Å²) in [5.41, 5.74) is 1.48. The fraction of sp³-hybridized carbons (Fsp3) is 0.188. The molecule has 5 heteroatoms. The van der Waals surface area contributed by atoms with Crippen LogP contribution in [0, 0.1) is 0 Å². The molecule has 0 saturated carbocycles. The van der Waals surface area contributed by atoms with Crippen LogP contribution in [0.3, 0.4) is 0 Å². The molecule has 1 unspecified atom stereocenters. The fourth-order valence-corrected chi connectivity index (χ4v) is 2.40. The van der Waals surface area contributed by atoms with Crippen LogP contribution < -0.4 is 5.32 Å². The number of carboxylic acids is 1. The van der Waals surface area contributed by atoms with Gasteiger partial charge in [-0.25, -0.2) is 4.79 Å². The third-order valence-corrected chi connectivity index (χ3v) is 3.45. The van der Waals surface area contributed by atoms with E-state index in [0.717, 1.165) is 5.56 Å². The van der Waals surface area contributed by atoms with E-state index >= 15 is 0 Å². The number of hydrogen-bond acceptors (Lipinski definition) is 3. The lowest BCUT2D eigenvalue weighted by molar-refractivity contribution is 0.0698. The van der Waals surface area contributed by atoms with Crippen LogP contribution in [-0.4, -0.2) is 28.8 Å². The average Bonchev–Trinajstić information content (AvgIpc) is 2.47. The summed E-state index contributed by atoms with van der Waals surface area (Å²) < 4.78 is 0. The van der Waals surface area contributed by atoms with E-state index in [2.05, 4.69) is 5.32 Å². The second-order valence-corrected chi connectivity index (χ2v) is 5.09. The molecule has 4 nitrogen and oxygen atoms in total. The van der Waals surface area contributed by atoms with Crippen molar-refractivity contribution in [2.45, 2.75) is 12.5 Å². The van der Waals surface area contributed by atoms with Gasteiger partial charge in [-0.3, -0.25) is 0 Å². The number of aromatic carboxylic acids is 1. The lowest BCUT2D eigenvalue weighted by Crippen LogP contribution is -2.27. The number of aliphatic hydroxyl groups is 1. The Balaban J connectivity index is 2.19. The molecule has 0 aliphatic heterocycles. The van der Waals surface area contributed by atoms with Gasteiger partial charge in [0.1, 0.15) is 5.56 Å². The molecule has 0 aliphatic rings. The van der Waals surface area contributed by atoms with E-state index in [-0.39, 0.29) is 23.2 Å². The standard InChI is InChI=1S/C16H16ClNO3/c17-13-7-4-8-14(15(13)16(20)21)18-12(10-19)9-11-5-2-1-3-6-11/h1-8,12,18-19H,9-10H2,(H,20,21). The van der Waals surface area contributed by atoms with Gasteiger partial charge in [0.25, 0.3) is 0 Å². The maximum Gasteiger partial charge on any atom is 0.339 e. The van der Waals surface area contributed by atoms with Gasteiger partial charge in [0.2, 0.25) is 0 Å². The molecule has 0 aromatic heterocycles. The summed E-state index contributed by atoms with van der Waals surface area (Å²) in [4.78, 5) is 11.3. The van der Waals surface area contributed by atoms with Crippen molar-refractivity contribution in [2.24, 2.45) is 0 Å². The Kier molecular flexibility index (Phi) is 5.20. The van der Waals surface area contributed by atoms with Crippen LogP contribution in [-0.2, 0) is 6.42 Å². The zero-order valence-corrected chi connectivity index (χ0v) is 12.0. The van der Waals surface area contributed by atoms with Gasteiger partial charge in [-0.2, -0.15) is 0 Å². The van der Waals surface area contributed by atoms with Crippen molar-refractivity contribution in [3.8, 4) is 0 Å². The molecular formula is C16H16ClNO3. The van der Waals surface area contributed by atoms with Gasteiger partial charge in [0.15, 0.2) is 0 Å². The Labute approximate surface area is 128 Å². The number of rotatable bonds is 6. The largest absolute Gasteiger partial charge is 0.478 e. The first-order valence-electron chi connectivity index (χ1n) is 6.55. The average molecular weight is 306 g/mol. The molecule has 2 aromatic carbocycles. The molecule has 2 aromatic rings. The fourth-order valence-electron chi connectivity index (χ4n) is 2.14. The third-order valence-electron chi connectivity index (χ3n) is 3.13. The van der Waals surface area contributed by atoms with Crippen LogP contribution in [0.4, 0.5) is 5.69 Å². The summed E-state index contributed by atoms with van der Waals surface area (Å²) in [5.74, 6) is -1.10. The number of benzene rings is 2. The number of aliphatic hydroxyl groups excluding tert-OH is 1. The van der Waals surface area contributed by atoms with Gasteiger partial charge in [0, 0.05) is 0 Å². The first-order valence-corrected chi connectivity index (χ1v) is 6.92. The predicted octanol–water partition coefficient (Wildman–Crippen LogP) is 3.05. The van der Waals surface area contributed by atoms with Crippen molar-refractivity contribution in [2.75, 3.05) is 11.9 Å². The highest BCUT2D eigenvalue weighted by Gasteiger charge is 2.17. The highest BCUT2D eigenvalue weighted by molar-refractivity contribution is 6.34. The van der Waals surface area contributed by atoms with Crippen LogP contribution in [0.25, 0.3) is 0 Å². The van der Waals surface area contributed by atoms with Crippen LogP contribution >= 0.6 is 11.6 Å². The van der Waals surface area contributed by atoms with Gasteiger partial charge in [-0.05, 0) is 24.1 Å². The molecule has 21 heavy (non-hydrogen) atoms. The molecule has 0 spiro atoms. The molecule has 0 bridgehead atoms. The van der Waals surface area contributed by atoms with Crippen molar-refractivity contribution in [3.63, 3.8) is 0 Å². The molecule has 0 heterocycles.